The molecule has 0 aromatic rings. The van der Waals surface area contributed by atoms with Crippen molar-refractivity contribution < 1.29 is 42.1 Å². The van der Waals surface area contributed by atoms with Crippen molar-refractivity contribution in [3.05, 3.63) is 36.5 Å². The number of likely N-dealkylation sites (N-methyl/N-ethyl adjacent to an activating group) is 1. The highest BCUT2D eigenvalue weighted by Gasteiger charge is 2.22. The SMILES string of the molecule is CC/C=C\C/C=C\C/C=C\CCCCCC(=O)OC(COC(=O)CCCCCCCCCCCCCCCCCCCCCCCCCCCCCCCCCCC)COP(=O)([O-])OCC[N+](C)(C)C. The first-order valence-corrected chi connectivity index (χ1v) is 31.2. The Balaban J connectivity index is 3.94. The maximum atomic E-state index is 12.7. The molecule has 0 fully saturated rings. The third kappa shape index (κ3) is 55.5. The largest absolute Gasteiger partial charge is 0.756 e. The minimum Gasteiger partial charge on any atom is -0.756 e. The van der Waals surface area contributed by atoms with Crippen molar-refractivity contribution in [1.29, 1.82) is 0 Å². The van der Waals surface area contributed by atoms with Gasteiger partial charge in [-0.15, -0.1) is 0 Å². The van der Waals surface area contributed by atoms with E-state index < -0.39 is 26.5 Å². The number of phosphoric acid groups is 1. The molecule has 0 aromatic carbocycles. The van der Waals surface area contributed by atoms with E-state index in [1.165, 1.54) is 193 Å². The summed E-state index contributed by atoms with van der Waals surface area (Å²) in [6.45, 7) is 4.12. The monoisotopic (exact) mass is 1010 g/mol. The summed E-state index contributed by atoms with van der Waals surface area (Å²) in [5.41, 5.74) is 0. The molecular formula is C60H114NO8P. The molecule has 0 saturated carbocycles. The molecule has 0 N–H and O–H groups in total. The molecule has 0 aliphatic carbocycles. The zero-order valence-electron chi connectivity index (χ0n) is 46.7. The molecular weight excluding hydrogens is 894 g/mol. The Morgan fingerprint density at radius 3 is 1.21 bits per heavy atom. The lowest BCUT2D eigenvalue weighted by molar-refractivity contribution is -0.870. The van der Waals surface area contributed by atoms with Crippen LogP contribution < -0.4 is 4.89 Å². The third-order valence-corrected chi connectivity index (χ3v) is 14.1. The van der Waals surface area contributed by atoms with Crippen molar-refractivity contribution in [1.82, 2.24) is 0 Å². The number of phosphoric ester groups is 1. The van der Waals surface area contributed by atoms with Crippen LogP contribution in [0.1, 0.15) is 284 Å². The second-order valence-electron chi connectivity index (χ2n) is 21.3. The van der Waals surface area contributed by atoms with Gasteiger partial charge in [0.1, 0.15) is 19.8 Å². The predicted octanol–water partition coefficient (Wildman–Crippen LogP) is 17.7. The van der Waals surface area contributed by atoms with Gasteiger partial charge < -0.3 is 27.9 Å². The predicted molar refractivity (Wildman–Crippen MR) is 296 cm³/mol. The number of ether oxygens (including phenoxy) is 2. The minimum atomic E-state index is -4.64. The number of rotatable bonds is 55. The van der Waals surface area contributed by atoms with Crippen LogP contribution >= 0.6 is 7.82 Å². The highest BCUT2D eigenvalue weighted by molar-refractivity contribution is 7.45. The molecule has 0 rings (SSSR count). The highest BCUT2D eigenvalue weighted by Crippen LogP contribution is 2.38. The van der Waals surface area contributed by atoms with Crippen molar-refractivity contribution in [3.63, 3.8) is 0 Å². The summed E-state index contributed by atoms with van der Waals surface area (Å²) in [5.74, 6) is -0.858. The van der Waals surface area contributed by atoms with Crippen LogP contribution in [0.4, 0.5) is 0 Å². The number of hydrogen-bond donors (Lipinski definition) is 0. The summed E-state index contributed by atoms with van der Waals surface area (Å²) in [7, 11) is 1.15. The molecule has 0 radical (unpaired) electrons. The van der Waals surface area contributed by atoms with E-state index in [0.717, 1.165) is 57.8 Å². The second-order valence-corrected chi connectivity index (χ2v) is 22.8. The maximum absolute atomic E-state index is 12.7. The summed E-state index contributed by atoms with van der Waals surface area (Å²) in [6.07, 6.45) is 63.8. The first-order chi connectivity index (χ1) is 34.0. The maximum Gasteiger partial charge on any atom is 0.306 e. The fraction of sp³-hybridized carbons (Fsp3) is 0.867. The summed E-state index contributed by atoms with van der Waals surface area (Å²) in [6, 6.07) is 0. The zero-order chi connectivity index (χ0) is 51.3. The van der Waals surface area contributed by atoms with Crippen molar-refractivity contribution >= 4 is 19.8 Å². The number of unbranched alkanes of at least 4 members (excludes halogenated alkanes) is 35. The number of quaternary nitrogens is 1. The Bertz CT molecular complexity index is 1280. The van der Waals surface area contributed by atoms with E-state index in [0.29, 0.717) is 17.4 Å². The Morgan fingerprint density at radius 1 is 0.457 bits per heavy atom. The Labute approximate surface area is 433 Å². The zero-order valence-corrected chi connectivity index (χ0v) is 47.6. The van der Waals surface area contributed by atoms with E-state index in [-0.39, 0.29) is 32.0 Å². The quantitative estimate of drug-likeness (QED) is 0.0195. The number of carbonyl (C=O) groups is 2. The fourth-order valence-electron chi connectivity index (χ4n) is 8.61. The molecule has 2 atom stereocenters. The molecule has 412 valence electrons. The van der Waals surface area contributed by atoms with Crippen LogP contribution in [0.2, 0.25) is 0 Å². The molecule has 0 aromatic heterocycles. The minimum absolute atomic E-state index is 0.0357. The normalized spacial score (nSPS) is 13.5. The van der Waals surface area contributed by atoms with Crippen molar-refractivity contribution in [3.8, 4) is 0 Å². The lowest BCUT2D eigenvalue weighted by atomic mass is 10.0. The topological polar surface area (TPSA) is 111 Å². The molecule has 0 saturated heterocycles. The van der Waals surface area contributed by atoms with Gasteiger partial charge in [-0.1, -0.05) is 262 Å². The number of hydrogen-bond acceptors (Lipinski definition) is 8. The van der Waals surface area contributed by atoms with Gasteiger partial charge in [0.25, 0.3) is 7.82 Å². The third-order valence-electron chi connectivity index (χ3n) is 13.2. The number of carbonyl (C=O) groups excluding carboxylic acids is 2. The van der Waals surface area contributed by atoms with Gasteiger partial charge in [-0.05, 0) is 44.9 Å². The van der Waals surface area contributed by atoms with Crippen LogP contribution in [-0.2, 0) is 32.7 Å². The van der Waals surface area contributed by atoms with Crippen molar-refractivity contribution in [2.75, 3.05) is 47.5 Å². The molecule has 9 nitrogen and oxygen atoms in total. The molecule has 2 unspecified atom stereocenters. The first kappa shape index (κ1) is 68.2. The molecule has 70 heavy (non-hydrogen) atoms. The summed E-state index contributed by atoms with van der Waals surface area (Å²) in [4.78, 5) is 37.7. The van der Waals surface area contributed by atoms with Gasteiger partial charge in [-0.25, -0.2) is 0 Å². The summed E-state index contributed by atoms with van der Waals surface area (Å²) >= 11 is 0. The molecule has 0 heterocycles. The molecule has 0 aliphatic heterocycles. The number of nitrogens with zero attached hydrogens (tertiary/aromatic N) is 1. The van der Waals surface area contributed by atoms with Crippen molar-refractivity contribution in [2.45, 2.75) is 290 Å². The molecule has 0 spiro atoms. The standard InChI is InChI=1S/C60H114NO8P/c1-6-8-10-12-14-16-18-20-21-22-23-24-25-26-27-28-29-30-31-32-33-34-35-36-37-38-39-41-42-44-46-48-50-52-59(62)66-56-58(57-68-70(64,65)67-55-54-61(3,4)5)69-60(63)53-51-49-47-45-43-40-19-17-15-13-11-9-7-2/h9,11,15,17,40,43,58H,6-8,10,12-14,16,18-39,41-42,44-57H2,1-5H3/b11-9-,17-15-,43-40-. The van der Waals surface area contributed by atoms with Gasteiger partial charge in [0.15, 0.2) is 6.10 Å². The van der Waals surface area contributed by atoms with E-state index >= 15 is 0 Å². The van der Waals surface area contributed by atoms with Crippen LogP contribution in [0.3, 0.4) is 0 Å². The molecule has 0 aliphatic rings. The summed E-state index contributed by atoms with van der Waals surface area (Å²) in [5, 5.41) is 0. The second kappa shape index (κ2) is 52.1. The van der Waals surface area contributed by atoms with Gasteiger partial charge in [0.2, 0.25) is 0 Å². The average molecular weight is 1010 g/mol. The molecule has 0 bridgehead atoms. The van der Waals surface area contributed by atoms with Crippen LogP contribution in [0.25, 0.3) is 0 Å². The fourth-order valence-corrected chi connectivity index (χ4v) is 9.34. The summed E-state index contributed by atoms with van der Waals surface area (Å²) < 4.78 is 34.0. The van der Waals surface area contributed by atoms with Crippen LogP contribution in [0.15, 0.2) is 36.5 Å². The molecule has 0 amide bonds. The van der Waals surface area contributed by atoms with Crippen LogP contribution in [-0.4, -0.2) is 70.0 Å². The van der Waals surface area contributed by atoms with Gasteiger partial charge in [-0.3, -0.25) is 14.2 Å². The lowest BCUT2D eigenvalue weighted by Gasteiger charge is -2.28. The van der Waals surface area contributed by atoms with Crippen LogP contribution in [0, 0.1) is 0 Å². The Morgan fingerprint density at radius 2 is 0.814 bits per heavy atom. The van der Waals surface area contributed by atoms with E-state index in [9.17, 15) is 19.0 Å². The molecule has 10 heteroatoms. The van der Waals surface area contributed by atoms with E-state index in [4.69, 9.17) is 18.5 Å². The average Bonchev–Trinajstić information content (AvgIpc) is 3.32. The Kier molecular flexibility index (Phi) is 50.8. The van der Waals surface area contributed by atoms with Gasteiger partial charge in [0, 0.05) is 12.8 Å². The lowest BCUT2D eigenvalue weighted by Crippen LogP contribution is -2.37. The number of esters is 2. The van der Waals surface area contributed by atoms with E-state index in [1.54, 1.807) is 0 Å². The van der Waals surface area contributed by atoms with Gasteiger partial charge >= 0.3 is 11.9 Å². The Hall–Kier alpha value is -1.77. The number of allylic oxidation sites excluding steroid dienone is 6. The highest BCUT2D eigenvalue weighted by atomic mass is 31.2. The van der Waals surface area contributed by atoms with Gasteiger partial charge in [0.05, 0.1) is 27.7 Å². The van der Waals surface area contributed by atoms with Crippen LogP contribution in [0.5, 0.6) is 0 Å². The van der Waals surface area contributed by atoms with Crippen molar-refractivity contribution in [2.24, 2.45) is 0 Å². The van der Waals surface area contributed by atoms with E-state index in [1.807, 2.05) is 21.1 Å². The smallest absolute Gasteiger partial charge is 0.306 e. The van der Waals surface area contributed by atoms with E-state index in [2.05, 4.69) is 50.3 Å². The first-order valence-electron chi connectivity index (χ1n) is 29.7. The van der Waals surface area contributed by atoms with Gasteiger partial charge in [-0.2, -0.15) is 0 Å².